The molecule has 0 spiro atoms. The Bertz CT molecular complexity index is 1880. The number of nitrogens with two attached hydrogens (primary N) is 2. The van der Waals surface area contributed by atoms with Gasteiger partial charge in [0.05, 0.1) is 15.3 Å². The van der Waals surface area contributed by atoms with Crippen LogP contribution in [-0.2, 0) is 4.79 Å². The molecule has 0 aliphatic heterocycles. The van der Waals surface area contributed by atoms with E-state index in [-0.39, 0.29) is 23.3 Å². The van der Waals surface area contributed by atoms with Crippen LogP contribution in [0.2, 0.25) is 5.02 Å². The van der Waals surface area contributed by atoms with Crippen LogP contribution < -0.4 is 21.5 Å². The van der Waals surface area contributed by atoms with Crippen LogP contribution in [0.4, 0.5) is 11.5 Å². The molecule has 3 heterocycles. The summed E-state index contributed by atoms with van der Waals surface area (Å²) in [5, 5.41) is 3.79. The van der Waals surface area contributed by atoms with Gasteiger partial charge in [0.25, 0.3) is 5.91 Å². The number of aromatic nitrogens is 3. The first-order valence-electron chi connectivity index (χ1n) is 12.4. The smallest absolute Gasteiger partial charge is 0.322 e. The highest BCUT2D eigenvalue weighted by molar-refractivity contribution is 7.23. The molecule has 0 saturated carbocycles. The van der Waals surface area contributed by atoms with E-state index in [1.807, 2.05) is 39.0 Å². The minimum Gasteiger partial charge on any atom is -0.423 e. The molecule has 0 aliphatic carbocycles. The van der Waals surface area contributed by atoms with Crippen LogP contribution in [0.25, 0.3) is 31.7 Å². The van der Waals surface area contributed by atoms with E-state index in [4.69, 9.17) is 27.8 Å². The Morgan fingerprint density at radius 2 is 1.90 bits per heavy atom. The van der Waals surface area contributed by atoms with E-state index in [0.717, 1.165) is 27.3 Å². The predicted molar refractivity (Wildman–Crippen MR) is 164 cm³/mol. The molecule has 0 radical (unpaired) electrons. The van der Waals surface area contributed by atoms with Crippen LogP contribution in [0.5, 0.6) is 11.8 Å². The number of ether oxygens (including phenoxy) is 1. The van der Waals surface area contributed by atoms with Gasteiger partial charge in [-0.2, -0.15) is 0 Å². The number of thiophene rings is 1. The molecule has 11 heteroatoms. The number of halogens is 1. The van der Waals surface area contributed by atoms with Crippen molar-refractivity contribution in [1.82, 2.24) is 15.0 Å². The Morgan fingerprint density at radius 3 is 2.59 bits per heavy atom. The van der Waals surface area contributed by atoms with Gasteiger partial charge in [0.2, 0.25) is 5.91 Å². The van der Waals surface area contributed by atoms with E-state index in [2.05, 4.69) is 26.8 Å². The Labute approximate surface area is 244 Å². The van der Waals surface area contributed by atoms with E-state index < -0.39 is 5.91 Å². The molecule has 0 atom stereocenters. The number of pyridine rings is 1. The molecule has 0 unspecified atom stereocenters. The second-order valence-corrected chi connectivity index (χ2v) is 10.7. The summed E-state index contributed by atoms with van der Waals surface area (Å²) in [5.41, 5.74) is 17.8. The number of benzene rings is 2. The average molecular weight is 585 g/mol. The molecule has 3 aromatic heterocycles. The number of hydrogen-bond donors (Lipinski definition) is 3. The molecule has 9 nitrogen and oxygen atoms in total. The number of primary amides is 1. The molecular weight excluding hydrogens is 560 g/mol. The lowest BCUT2D eigenvalue weighted by molar-refractivity contribution is -0.111. The first-order valence-corrected chi connectivity index (χ1v) is 13.6. The summed E-state index contributed by atoms with van der Waals surface area (Å²) < 4.78 is 6.43. The highest BCUT2D eigenvalue weighted by atomic mass is 35.5. The highest BCUT2D eigenvalue weighted by Crippen LogP contribution is 2.50. The summed E-state index contributed by atoms with van der Waals surface area (Å²) >= 11 is 8.06. The van der Waals surface area contributed by atoms with Gasteiger partial charge in [-0.3, -0.25) is 9.59 Å². The Kier molecular flexibility index (Phi) is 7.44. The fraction of sp³-hybridized carbons (Fsp3) is 0.100. The first-order chi connectivity index (χ1) is 19.6. The number of nitrogens with one attached hydrogen (secondary N) is 1. The topological polar surface area (TPSA) is 146 Å². The van der Waals surface area contributed by atoms with Gasteiger partial charge < -0.3 is 21.5 Å². The van der Waals surface area contributed by atoms with E-state index in [1.54, 1.807) is 24.4 Å². The molecular formula is C30H25ClN6O3S. The number of aryl methyl sites for hydroxylation is 2. The first kappa shape index (κ1) is 27.8. The molecule has 206 valence electrons. The maximum atomic E-state index is 12.4. The zero-order valence-electron chi connectivity index (χ0n) is 22.4. The molecule has 41 heavy (non-hydrogen) atoms. The van der Waals surface area contributed by atoms with Crippen LogP contribution >= 0.6 is 22.9 Å². The van der Waals surface area contributed by atoms with Crippen molar-refractivity contribution in [3.8, 4) is 33.3 Å². The van der Waals surface area contributed by atoms with E-state index in [0.29, 0.717) is 37.7 Å². The van der Waals surface area contributed by atoms with Gasteiger partial charge in [-0.05, 0) is 67.3 Å². The lowest BCUT2D eigenvalue weighted by atomic mass is 9.94. The van der Waals surface area contributed by atoms with Crippen molar-refractivity contribution in [3.05, 3.63) is 88.9 Å². The predicted octanol–water partition coefficient (Wildman–Crippen LogP) is 6.60. The average Bonchev–Trinajstić information content (AvgIpc) is 3.33. The van der Waals surface area contributed by atoms with Gasteiger partial charge in [-0.15, -0.1) is 11.3 Å². The number of anilines is 2. The second kappa shape index (κ2) is 11.0. The third kappa shape index (κ3) is 5.22. The van der Waals surface area contributed by atoms with Gasteiger partial charge >= 0.3 is 6.01 Å². The minimum absolute atomic E-state index is 0.172. The van der Waals surface area contributed by atoms with Crippen molar-refractivity contribution < 1.29 is 14.3 Å². The maximum absolute atomic E-state index is 12.4. The quantitative estimate of drug-likeness (QED) is 0.183. The zero-order valence-corrected chi connectivity index (χ0v) is 24.0. The number of carbonyl (C=O) groups is 2. The number of hydrogen-bond acceptors (Lipinski definition) is 8. The monoisotopic (exact) mass is 584 g/mol. The third-order valence-electron chi connectivity index (χ3n) is 6.55. The number of amides is 2. The van der Waals surface area contributed by atoms with E-state index in [9.17, 15) is 9.59 Å². The van der Waals surface area contributed by atoms with Crippen molar-refractivity contribution in [2.45, 2.75) is 20.8 Å². The number of rotatable bonds is 7. The number of nitrogens with zero attached hydrogens (tertiary/aromatic N) is 3. The highest BCUT2D eigenvalue weighted by Gasteiger charge is 2.25. The molecule has 0 aliphatic rings. The molecule has 5 aromatic rings. The fourth-order valence-corrected chi connectivity index (χ4v) is 6.18. The lowest BCUT2D eigenvalue weighted by Crippen LogP contribution is -2.11. The van der Waals surface area contributed by atoms with Crippen LogP contribution in [0, 0.1) is 20.8 Å². The summed E-state index contributed by atoms with van der Waals surface area (Å²) in [6, 6.07) is 11.1. The summed E-state index contributed by atoms with van der Waals surface area (Å²) in [7, 11) is 0. The van der Waals surface area contributed by atoms with Crippen LogP contribution in [-0.4, -0.2) is 26.8 Å². The molecule has 0 saturated heterocycles. The maximum Gasteiger partial charge on any atom is 0.322 e. The molecule has 0 fully saturated rings. The SMILES string of the molecule is C=CC(=O)Nc1c(C)ccc(-c2sc3c(C(N)=O)cnc(N)c3c2-c2ccc(Oc3nccc(C)n3)c(Cl)c2)c1C. The molecule has 2 amide bonds. The van der Waals surface area contributed by atoms with Crippen molar-refractivity contribution in [2.24, 2.45) is 5.73 Å². The van der Waals surface area contributed by atoms with Crippen molar-refractivity contribution in [2.75, 3.05) is 11.1 Å². The number of nitrogen functional groups attached to an aromatic ring is 1. The molecule has 2 aromatic carbocycles. The summed E-state index contributed by atoms with van der Waals surface area (Å²) in [6.45, 7) is 9.21. The van der Waals surface area contributed by atoms with Crippen LogP contribution in [0.1, 0.15) is 27.2 Å². The molecule has 5 N–H and O–H groups in total. The molecule has 5 rings (SSSR count). The minimum atomic E-state index is -0.624. The Balaban J connectivity index is 1.75. The van der Waals surface area contributed by atoms with Gasteiger partial charge in [0.1, 0.15) is 11.6 Å². The normalized spacial score (nSPS) is 10.9. The lowest BCUT2D eigenvalue weighted by Gasteiger charge is -2.16. The zero-order chi connectivity index (χ0) is 29.4. The summed E-state index contributed by atoms with van der Waals surface area (Å²) in [6.07, 6.45) is 4.20. The third-order valence-corrected chi connectivity index (χ3v) is 8.10. The van der Waals surface area contributed by atoms with Crippen LogP contribution in [0.15, 0.2) is 61.4 Å². The number of carbonyl (C=O) groups excluding carboxylic acids is 2. The Hall–Kier alpha value is -4.80. The largest absolute Gasteiger partial charge is 0.423 e. The molecule has 0 bridgehead atoms. The van der Waals surface area contributed by atoms with E-state index >= 15 is 0 Å². The van der Waals surface area contributed by atoms with E-state index in [1.165, 1.54) is 23.6 Å². The van der Waals surface area contributed by atoms with Crippen LogP contribution in [0.3, 0.4) is 0 Å². The standard InChI is InChI=1S/C30H25ClN6O3S/c1-5-22(38)37-25-14(2)6-8-18(16(25)4)26-23(24-27(41-26)19(29(33)39)13-35-28(24)32)17-7-9-21(20(31)12-17)40-30-34-11-10-15(3)36-30/h5-13H,1H2,2-4H3,(H2,32,35)(H2,33,39)(H,37,38). The van der Waals surface area contributed by atoms with Crippen molar-refractivity contribution in [1.29, 1.82) is 0 Å². The van der Waals surface area contributed by atoms with Gasteiger partial charge in [0.15, 0.2) is 0 Å². The Morgan fingerprint density at radius 1 is 1.12 bits per heavy atom. The van der Waals surface area contributed by atoms with Crippen molar-refractivity contribution in [3.63, 3.8) is 0 Å². The van der Waals surface area contributed by atoms with Gasteiger partial charge in [-0.1, -0.05) is 36.4 Å². The fourth-order valence-electron chi connectivity index (χ4n) is 4.54. The second-order valence-electron chi connectivity index (χ2n) is 9.28. The van der Waals surface area contributed by atoms with Crippen molar-refractivity contribution >= 4 is 56.3 Å². The van der Waals surface area contributed by atoms with Gasteiger partial charge in [0, 0.05) is 39.6 Å². The number of fused-ring (bicyclic) bond motifs is 1. The summed E-state index contributed by atoms with van der Waals surface area (Å²) in [4.78, 5) is 38.1. The summed E-state index contributed by atoms with van der Waals surface area (Å²) in [5.74, 6) is -0.347. The van der Waals surface area contributed by atoms with Gasteiger partial charge in [-0.25, -0.2) is 15.0 Å².